The fourth-order valence-corrected chi connectivity index (χ4v) is 2.63. The van der Waals surface area contributed by atoms with E-state index in [9.17, 15) is 9.90 Å². The van der Waals surface area contributed by atoms with Gasteiger partial charge in [-0.2, -0.15) is 0 Å². The zero-order chi connectivity index (χ0) is 13.0. The molecular weight excluding hydrogens is 296 g/mol. The molecule has 0 atom stereocenters. The van der Waals surface area contributed by atoms with Gasteiger partial charge in [0.15, 0.2) is 0 Å². The largest absolute Gasteiger partial charge is 0.396 e. The molecule has 0 radical (unpaired) electrons. The number of hydrogen-bond donors (Lipinski definition) is 2. The van der Waals surface area contributed by atoms with Gasteiger partial charge in [0.05, 0.1) is 12.2 Å². The summed E-state index contributed by atoms with van der Waals surface area (Å²) in [6.07, 6.45) is 5.79. The van der Waals surface area contributed by atoms with Crippen LogP contribution in [0.25, 0.3) is 0 Å². The Labute approximate surface area is 115 Å². The van der Waals surface area contributed by atoms with Gasteiger partial charge in [0.1, 0.15) is 4.60 Å². The number of aromatic nitrogens is 1. The van der Waals surface area contributed by atoms with Gasteiger partial charge in [0, 0.05) is 18.2 Å². The number of hydrogen-bond acceptors (Lipinski definition) is 3. The lowest BCUT2D eigenvalue weighted by Gasteiger charge is -2.26. The number of amides is 1. The number of halogens is 1. The van der Waals surface area contributed by atoms with Gasteiger partial charge in [-0.3, -0.25) is 4.79 Å². The fourth-order valence-electron chi connectivity index (χ4n) is 2.40. The summed E-state index contributed by atoms with van der Waals surface area (Å²) in [5.41, 5.74) is 0.433. The molecule has 2 N–H and O–H groups in total. The quantitative estimate of drug-likeness (QED) is 0.837. The number of pyridine rings is 1. The van der Waals surface area contributed by atoms with E-state index >= 15 is 0 Å². The van der Waals surface area contributed by atoms with Crippen molar-refractivity contribution in [3.63, 3.8) is 0 Å². The highest BCUT2D eigenvalue weighted by molar-refractivity contribution is 9.10. The summed E-state index contributed by atoms with van der Waals surface area (Å²) < 4.78 is 0.710. The Balaban J connectivity index is 1.93. The molecule has 1 saturated carbocycles. The average molecular weight is 313 g/mol. The normalized spacial score (nSPS) is 17.7. The number of nitrogens with one attached hydrogen (secondary N) is 1. The molecule has 1 aliphatic carbocycles. The number of carbonyl (C=O) groups excluding carboxylic acids is 1. The maximum atomic E-state index is 11.9. The van der Waals surface area contributed by atoms with Gasteiger partial charge in [0.25, 0.3) is 5.91 Å². The van der Waals surface area contributed by atoms with Crippen LogP contribution in [0.1, 0.15) is 36.0 Å². The molecule has 18 heavy (non-hydrogen) atoms. The molecule has 1 aromatic heterocycles. The number of nitrogens with zero attached hydrogens (tertiary/aromatic N) is 1. The molecule has 1 aromatic rings. The minimum atomic E-state index is -0.130. The summed E-state index contributed by atoms with van der Waals surface area (Å²) in [7, 11) is 0. The van der Waals surface area contributed by atoms with Gasteiger partial charge in [0.2, 0.25) is 0 Å². The van der Waals surface area contributed by atoms with Crippen LogP contribution in [0.3, 0.4) is 0 Å². The first-order valence-electron chi connectivity index (χ1n) is 6.16. The van der Waals surface area contributed by atoms with E-state index in [1.807, 2.05) is 0 Å². The molecule has 0 unspecified atom stereocenters. The summed E-state index contributed by atoms with van der Waals surface area (Å²) in [5.74, 6) is -0.130. The first kappa shape index (κ1) is 13.5. The third-order valence-corrected chi connectivity index (χ3v) is 4.08. The molecule has 1 heterocycles. The third-order valence-electron chi connectivity index (χ3n) is 3.61. The maximum Gasteiger partial charge on any atom is 0.252 e. The van der Waals surface area contributed by atoms with Crippen molar-refractivity contribution in [2.45, 2.75) is 25.7 Å². The number of aliphatic hydroxyl groups excluding tert-OH is 1. The predicted octanol–water partition coefficient (Wildman–Crippen LogP) is 2.13. The first-order valence-corrected chi connectivity index (χ1v) is 6.95. The van der Waals surface area contributed by atoms with E-state index < -0.39 is 0 Å². The van der Waals surface area contributed by atoms with Crippen molar-refractivity contribution in [2.24, 2.45) is 5.41 Å². The summed E-state index contributed by atoms with van der Waals surface area (Å²) in [6, 6.07) is 3.47. The van der Waals surface area contributed by atoms with Crippen LogP contribution in [0.5, 0.6) is 0 Å². The molecule has 0 spiro atoms. The summed E-state index contributed by atoms with van der Waals surface area (Å²) >= 11 is 3.23. The molecule has 2 rings (SSSR count). The molecule has 1 amide bonds. The van der Waals surface area contributed by atoms with Crippen molar-refractivity contribution in [1.82, 2.24) is 10.3 Å². The van der Waals surface area contributed by atoms with Gasteiger partial charge in [-0.05, 0) is 40.9 Å². The second kappa shape index (κ2) is 5.80. The summed E-state index contributed by atoms with van der Waals surface area (Å²) in [5, 5.41) is 12.4. The summed E-state index contributed by atoms with van der Waals surface area (Å²) in [4.78, 5) is 15.9. The Morgan fingerprint density at radius 2 is 2.17 bits per heavy atom. The van der Waals surface area contributed by atoms with Crippen LogP contribution in [-0.4, -0.2) is 29.1 Å². The van der Waals surface area contributed by atoms with Crippen LogP contribution in [0.15, 0.2) is 22.9 Å². The van der Waals surface area contributed by atoms with E-state index in [0.717, 1.165) is 25.7 Å². The van der Waals surface area contributed by atoms with E-state index in [-0.39, 0.29) is 17.9 Å². The van der Waals surface area contributed by atoms with Crippen molar-refractivity contribution >= 4 is 21.8 Å². The molecule has 5 heteroatoms. The lowest BCUT2D eigenvalue weighted by Crippen LogP contribution is -2.38. The number of aliphatic hydroxyl groups is 1. The molecule has 0 aliphatic heterocycles. The zero-order valence-electron chi connectivity index (χ0n) is 10.2. The van der Waals surface area contributed by atoms with Crippen molar-refractivity contribution in [2.75, 3.05) is 13.2 Å². The number of carbonyl (C=O) groups is 1. The molecule has 0 bridgehead atoms. The van der Waals surface area contributed by atoms with Gasteiger partial charge < -0.3 is 10.4 Å². The molecule has 0 saturated heterocycles. The highest BCUT2D eigenvalue weighted by atomic mass is 79.9. The van der Waals surface area contributed by atoms with E-state index in [4.69, 9.17) is 0 Å². The highest BCUT2D eigenvalue weighted by Gasteiger charge is 2.33. The second-order valence-electron chi connectivity index (χ2n) is 4.92. The molecule has 1 aliphatic rings. The lowest BCUT2D eigenvalue weighted by atomic mass is 9.87. The summed E-state index contributed by atoms with van der Waals surface area (Å²) in [6.45, 7) is 0.685. The van der Waals surface area contributed by atoms with Crippen molar-refractivity contribution in [3.8, 4) is 0 Å². The Kier molecular flexibility index (Phi) is 4.35. The SMILES string of the molecule is O=C(NCC1(CO)CCCC1)c1ccc(Br)nc1. The monoisotopic (exact) mass is 312 g/mol. The highest BCUT2D eigenvalue weighted by Crippen LogP contribution is 2.36. The van der Waals surface area contributed by atoms with Crippen LogP contribution in [0.2, 0.25) is 0 Å². The first-order chi connectivity index (χ1) is 8.65. The Morgan fingerprint density at radius 3 is 2.72 bits per heavy atom. The third kappa shape index (κ3) is 3.09. The van der Waals surface area contributed by atoms with Crippen molar-refractivity contribution < 1.29 is 9.90 Å². The van der Waals surface area contributed by atoms with Crippen LogP contribution in [0.4, 0.5) is 0 Å². The standard InChI is InChI=1S/C13H17BrN2O2/c14-11-4-3-10(7-15-11)12(18)16-8-13(9-17)5-1-2-6-13/h3-4,7,17H,1-2,5-6,8-9H2,(H,16,18). The molecule has 98 valence electrons. The Bertz CT molecular complexity index is 414. The maximum absolute atomic E-state index is 11.9. The van der Waals surface area contributed by atoms with E-state index in [2.05, 4.69) is 26.2 Å². The van der Waals surface area contributed by atoms with Gasteiger partial charge >= 0.3 is 0 Å². The van der Waals surface area contributed by atoms with Crippen molar-refractivity contribution in [3.05, 3.63) is 28.5 Å². The number of rotatable bonds is 4. The second-order valence-corrected chi connectivity index (χ2v) is 5.73. The van der Waals surface area contributed by atoms with Gasteiger partial charge in [-0.25, -0.2) is 4.98 Å². The van der Waals surface area contributed by atoms with E-state index in [1.54, 1.807) is 18.3 Å². The molecule has 1 fully saturated rings. The smallest absolute Gasteiger partial charge is 0.252 e. The van der Waals surface area contributed by atoms with Crippen LogP contribution in [-0.2, 0) is 0 Å². The Morgan fingerprint density at radius 1 is 1.44 bits per heavy atom. The molecule has 0 aromatic carbocycles. The topological polar surface area (TPSA) is 62.2 Å². The fraction of sp³-hybridized carbons (Fsp3) is 0.538. The minimum Gasteiger partial charge on any atom is -0.396 e. The van der Waals surface area contributed by atoms with Gasteiger partial charge in [-0.15, -0.1) is 0 Å². The van der Waals surface area contributed by atoms with E-state index in [1.165, 1.54) is 0 Å². The molecular formula is C13H17BrN2O2. The van der Waals surface area contributed by atoms with E-state index in [0.29, 0.717) is 16.7 Å². The Hall–Kier alpha value is -0.940. The van der Waals surface area contributed by atoms with Crippen LogP contribution in [0, 0.1) is 5.41 Å². The van der Waals surface area contributed by atoms with Crippen LogP contribution >= 0.6 is 15.9 Å². The lowest BCUT2D eigenvalue weighted by molar-refractivity contribution is 0.0880. The average Bonchev–Trinajstić information content (AvgIpc) is 2.86. The minimum absolute atomic E-state index is 0.113. The van der Waals surface area contributed by atoms with Crippen molar-refractivity contribution in [1.29, 1.82) is 0 Å². The van der Waals surface area contributed by atoms with Gasteiger partial charge in [-0.1, -0.05) is 12.8 Å². The zero-order valence-corrected chi connectivity index (χ0v) is 11.7. The predicted molar refractivity (Wildman–Crippen MR) is 72.3 cm³/mol. The van der Waals surface area contributed by atoms with Crippen LogP contribution < -0.4 is 5.32 Å². The molecule has 4 nitrogen and oxygen atoms in total.